The predicted octanol–water partition coefficient (Wildman–Crippen LogP) is -2.91. The summed E-state index contributed by atoms with van der Waals surface area (Å²) in [6.07, 6.45) is 1.37. The van der Waals surface area contributed by atoms with Crippen molar-refractivity contribution in [3.63, 3.8) is 0 Å². The van der Waals surface area contributed by atoms with Crippen molar-refractivity contribution in [3.8, 4) is 0 Å². The Morgan fingerprint density at radius 1 is 1.55 bits per heavy atom. The maximum atomic E-state index is 10.5. The van der Waals surface area contributed by atoms with Crippen molar-refractivity contribution in [2.24, 2.45) is 5.73 Å². The van der Waals surface area contributed by atoms with E-state index in [0.717, 1.165) is 0 Å². The molecule has 1 aromatic rings. The van der Waals surface area contributed by atoms with Crippen molar-refractivity contribution in [2.75, 3.05) is 0 Å². The fraction of sp³-hybridized carbons (Fsp3) is 0. The van der Waals surface area contributed by atoms with Gasteiger partial charge in [-0.1, -0.05) is 11.1 Å². The van der Waals surface area contributed by atoms with Gasteiger partial charge in [0, 0.05) is 6.20 Å². The average Bonchev–Trinajstić information content (AvgIpc) is 1.88. The van der Waals surface area contributed by atoms with Crippen molar-refractivity contribution in [3.05, 3.63) is 23.9 Å². The number of nitrogens with zero attached hydrogens (tertiary/aromatic N) is 1. The molecule has 0 saturated carbocycles. The molecule has 1 amide bonds. The van der Waals surface area contributed by atoms with Crippen LogP contribution in [0.15, 0.2) is 23.4 Å². The van der Waals surface area contributed by atoms with Crippen LogP contribution in [0.2, 0.25) is 0 Å². The molecule has 2 N–H and O–H groups in total. The third-order valence-electron chi connectivity index (χ3n) is 1.02. The van der Waals surface area contributed by atoms with Crippen LogP contribution in [0.5, 0.6) is 0 Å². The van der Waals surface area contributed by atoms with Gasteiger partial charge in [-0.05, 0) is 6.07 Å². The molecular weight excluding hydrogens is 187 g/mol. The first kappa shape index (κ1) is 11.5. The Morgan fingerprint density at radius 2 is 2.18 bits per heavy atom. The Balaban J connectivity index is 0.000001000. The molecule has 11 heavy (non-hydrogen) atoms. The average molecular weight is 192 g/mol. The van der Waals surface area contributed by atoms with Gasteiger partial charge in [0.1, 0.15) is 0 Å². The number of rotatable bonds is 1. The monoisotopic (exact) mass is 192 g/mol. The Morgan fingerprint density at radius 3 is 2.55 bits per heavy atom. The minimum Gasteiger partial charge on any atom is -0.760 e. The second kappa shape index (κ2) is 5.18. The SMILES string of the molecule is NC(=O)c1ccc([S-])nc1.[K+]. The summed E-state index contributed by atoms with van der Waals surface area (Å²) >= 11 is 4.69. The summed E-state index contributed by atoms with van der Waals surface area (Å²) in [4.78, 5) is 14.2. The summed E-state index contributed by atoms with van der Waals surface area (Å²) in [5.41, 5.74) is 5.33. The molecule has 0 atom stereocenters. The van der Waals surface area contributed by atoms with Crippen LogP contribution in [0, 0.1) is 0 Å². The van der Waals surface area contributed by atoms with Crippen molar-refractivity contribution in [1.82, 2.24) is 4.98 Å². The van der Waals surface area contributed by atoms with Crippen LogP contribution in [0.4, 0.5) is 0 Å². The molecule has 0 radical (unpaired) electrons. The van der Waals surface area contributed by atoms with E-state index < -0.39 is 5.91 Å². The summed E-state index contributed by atoms with van der Waals surface area (Å²) in [5.74, 6) is -0.484. The molecule has 0 fully saturated rings. The zero-order chi connectivity index (χ0) is 7.56. The summed E-state index contributed by atoms with van der Waals surface area (Å²) in [6, 6.07) is 3.12. The molecule has 3 nitrogen and oxygen atoms in total. The number of carbonyl (C=O) groups is 1. The van der Waals surface area contributed by atoms with Crippen molar-refractivity contribution in [2.45, 2.75) is 5.03 Å². The van der Waals surface area contributed by atoms with Crippen LogP contribution in [0.3, 0.4) is 0 Å². The van der Waals surface area contributed by atoms with Gasteiger partial charge >= 0.3 is 51.4 Å². The Kier molecular flexibility index (Phi) is 5.40. The second-order valence-electron chi connectivity index (χ2n) is 1.75. The smallest absolute Gasteiger partial charge is 0.760 e. The molecule has 0 aliphatic rings. The molecule has 1 aromatic heterocycles. The van der Waals surface area contributed by atoms with Crippen molar-refractivity contribution < 1.29 is 56.2 Å². The normalized spacial score (nSPS) is 8.36. The van der Waals surface area contributed by atoms with E-state index in [2.05, 4.69) is 4.98 Å². The van der Waals surface area contributed by atoms with E-state index >= 15 is 0 Å². The molecule has 0 aliphatic carbocycles. The zero-order valence-corrected chi connectivity index (χ0v) is 10.0. The van der Waals surface area contributed by atoms with E-state index in [0.29, 0.717) is 10.6 Å². The van der Waals surface area contributed by atoms with Crippen LogP contribution >= 0.6 is 0 Å². The van der Waals surface area contributed by atoms with Gasteiger partial charge in [0.15, 0.2) is 0 Å². The van der Waals surface area contributed by atoms with Gasteiger partial charge in [0.05, 0.1) is 5.56 Å². The number of nitrogens with two attached hydrogens (primary N) is 1. The van der Waals surface area contributed by atoms with E-state index in [9.17, 15) is 4.79 Å². The second-order valence-corrected chi connectivity index (χ2v) is 2.17. The predicted molar refractivity (Wildman–Crippen MR) is 38.4 cm³/mol. The van der Waals surface area contributed by atoms with Crippen LogP contribution < -0.4 is 57.1 Å². The molecule has 5 heteroatoms. The van der Waals surface area contributed by atoms with Gasteiger partial charge in [-0.15, -0.1) is 0 Å². The third-order valence-corrected chi connectivity index (χ3v) is 1.26. The van der Waals surface area contributed by atoms with Gasteiger partial charge in [-0.2, -0.15) is 0 Å². The van der Waals surface area contributed by atoms with Crippen LogP contribution in [-0.2, 0) is 12.6 Å². The number of hydrogen-bond donors (Lipinski definition) is 1. The summed E-state index contributed by atoms with van der Waals surface area (Å²) in [7, 11) is 0. The third kappa shape index (κ3) is 3.59. The quantitative estimate of drug-likeness (QED) is 0.383. The number of primary amides is 1. The molecule has 0 spiro atoms. The molecule has 0 aliphatic heterocycles. The molecule has 52 valence electrons. The minimum absolute atomic E-state index is 0. The Hall–Kier alpha value is 0.476. The zero-order valence-electron chi connectivity index (χ0n) is 6.07. The van der Waals surface area contributed by atoms with E-state index in [1.54, 1.807) is 12.1 Å². The first-order chi connectivity index (χ1) is 4.70. The number of carbonyl (C=O) groups excluding carboxylic acids is 1. The number of pyridine rings is 1. The molecule has 0 bridgehead atoms. The first-order valence-corrected chi connectivity index (χ1v) is 3.04. The standard InChI is InChI=1S/C6H6N2OS.K/c7-6(9)4-1-2-5(10)8-3-4;/h1-3H,(H2,7,9)(H,8,10);/q;+1/p-1. The Labute approximate surface area is 113 Å². The number of amides is 1. The largest absolute Gasteiger partial charge is 1.00 e. The summed E-state index contributed by atoms with van der Waals surface area (Å²) in [5, 5.41) is 0.463. The van der Waals surface area contributed by atoms with Gasteiger partial charge in [-0.3, -0.25) is 9.78 Å². The maximum absolute atomic E-state index is 10.5. The number of hydrogen-bond acceptors (Lipinski definition) is 3. The van der Waals surface area contributed by atoms with Crippen LogP contribution in [0.1, 0.15) is 10.4 Å². The van der Waals surface area contributed by atoms with E-state index in [1.165, 1.54) is 6.20 Å². The topological polar surface area (TPSA) is 56.0 Å². The number of aromatic nitrogens is 1. The van der Waals surface area contributed by atoms with Crippen LogP contribution in [-0.4, -0.2) is 10.9 Å². The minimum atomic E-state index is -0.484. The summed E-state index contributed by atoms with van der Waals surface area (Å²) in [6.45, 7) is 0. The van der Waals surface area contributed by atoms with E-state index in [-0.39, 0.29) is 51.4 Å². The molecule has 0 aromatic carbocycles. The molecule has 0 saturated heterocycles. The van der Waals surface area contributed by atoms with E-state index in [4.69, 9.17) is 18.4 Å². The van der Waals surface area contributed by atoms with Gasteiger partial charge in [0.2, 0.25) is 5.91 Å². The molecule has 1 rings (SSSR count). The molecule has 1 heterocycles. The van der Waals surface area contributed by atoms with Crippen LogP contribution in [0.25, 0.3) is 0 Å². The Bertz CT molecular complexity index is 249. The van der Waals surface area contributed by atoms with Gasteiger partial charge in [0.25, 0.3) is 0 Å². The maximum Gasteiger partial charge on any atom is 1.00 e. The summed E-state index contributed by atoms with van der Waals surface area (Å²) < 4.78 is 0. The molecule has 0 unspecified atom stereocenters. The van der Waals surface area contributed by atoms with Crippen molar-refractivity contribution >= 4 is 18.5 Å². The fourth-order valence-corrected chi connectivity index (χ4v) is 0.647. The molecular formula is C6H5KN2OS. The van der Waals surface area contributed by atoms with Gasteiger partial charge < -0.3 is 18.4 Å². The van der Waals surface area contributed by atoms with E-state index in [1.807, 2.05) is 0 Å². The first-order valence-electron chi connectivity index (χ1n) is 2.63. The van der Waals surface area contributed by atoms with Crippen molar-refractivity contribution in [1.29, 1.82) is 0 Å². The van der Waals surface area contributed by atoms with Gasteiger partial charge in [-0.25, -0.2) is 0 Å². The fourth-order valence-electron chi connectivity index (χ4n) is 0.526.